The standard InChI is InChI=1S/C13H19NO2S/c1-3-6-10(15)9-14-13(16)11-7-4-5-8-12(11)17-2/h4-5,7-8,10,15H,3,6,9H2,1-2H3,(H,14,16). The van der Waals surface area contributed by atoms with Gasteiger partial charge in [0.25, 0.3) is 5.91 Å². The lowest BCUT2D eigenvalue weighted by Crippen LogP contribution is -2.32. The normalized spacial score (nSPS) is 12.2. The van der Waals surface area contributed by atoms with E-state index in [4.69, 9.17) is 0 Å². The Hall–Kier alpha value is -1.00. The number of rotatable bonds is 6. The van der Waals surface area contributed by atoms with Crippen LogP contribution in [0.3, 0.4) is 0 Å². The lowest BCUT2D eigenvalue weighted by atomic mass is 10.2. The first-order valence-corrected chi connectivity index (χ1v) is 7.00. The van der Waals surface area contributed by atoms with Crippen molar-refractivity contribution in [2.24, 2.45) is 0 Å². The summed E-state index contributed by atoms with van der Waals surface area (Å²) in [5.74, 6) is -0.120. The zero-order valence-electron chi connectivity index (χ0n) is 10.3. The second kappa shape index (κ2) is 7.35. The number of nitrogens with one attached hydrogen (secondary N) is 1. The topological polar surface area (TPSA) is 49.3 Å². The molecule has 0 saturated carbocycles. The molecule has 1 amide bonds. The SMILES string of the molecule is CCCC(O)CNC(=O)c1ccccc1SC. The molecular weight excluding hydrogens is 234 g/mol. The molecule has 4 heteroatoms. The van der Waals surface area contributed by atoms with Crippen molar-refractivity contribution in [2.75, 3.05) is 12.8 Å². The Kier molecular flexibility index (Phi) is 6.08. The molecule has 1 aromatic rings. The van der Waals surface area contributed by atoms with Gasteiger partial charge in [-0.25, -0.2) is 0 Å². The predicted octanol–water partition coefficient (Wildman–Crippen LogP) is 2.30. The quantitative estimate of drug-likeness (QED) is 0.765. The number of aliphatic hydroxyl groups is 1. The molecule has 0 aliphatic rings. The molecule has 3 nitrogen and oxygen atoms in total. The van der Waals surface area contributed by atoms with Crippen LogP contribution in [-0.4, -0.2) is 29.9 Å². The van der Waals surface area contributed by atoms with Crippen molar-refractivity contribution in [1.29, 1.82) is 0 Å². The number of amides is 1. The van der Waals surface area contributed by atoms with Gasteiger partial charge < -0.3 is 10.4 Å². The highest BCUT2D eigenvalue weighted by molar-refractivity contribution is 7.98. The van der Waals surface area contributed by atoms with Crippen LogP contribution in [0.15, 0.2) is 29.2 Å². The van der Waals surface area contributed by atoms with Crippen LogP contribution in [0.1, 0.15) is 30.1 Å². The largest absolute Gasteiger partial charge is 0.391 e. The molecule has 0 aromatic heterocycles. The number of hydrogen-bond acceptors (Lipinski definition) is 3. The minimum absolute atomic E-state index is 0.120. The Bertz CT molecular complexity index is 368. The molecule has 1 atom stereocenters. The third kappa shape index (κ3) is 4.40. The predicted molar refractivity (Wildman–Crippen MR) is 71.5 cm³/mol. The fraction of sp³-hybridized carbons (Fsp3) is 0.462. The highest BCUT2D eigenvalue weighted by atomic mass is 32.2. The third-order valence-corrected chi connectivity index (χ3v) is 3.27. The first kappa shape index (κ1) is 14.1. The molecule has 0 radical (unpaired) electrons. The molecule has 2 N–H and O–H groups in total. The van der Waals surface area contributed by atoms with Gasteiger partial charge in [0.05, 0.1) is 11.7 Å². The van der Waals surface area contributed by atoms with Gasteiger partial charge in [0.2, 0.25) is 0 Å². The van der Waals surface area contributed by atoms with E-state index >= 15 is 0 Å². The maximum Gasteiger partial charge on any atom is 0.252 e. The van der Waals surface area contributed by atoms with Crippen LogP contribution in [0.4, 0.5) is 0 Å². The number of hydrogen-bond donors (Lipinski definition) is 2. The van der Waals surface area contributed by atoms with Crippen molar-refractivity contribution < 1.29 is 9.90 Å². The Morgan fingerprint density at radius 2 is 2.18 bits per heavy atom. The van der Waals surface area contributed by atoms with Crippen molar-refractivity contribution in [2.45, 2.75) is 30.8 Å². The molecule has 94 valence electrons. The van der Waals surface area contributed by atoms with Crippen molar-refractivity contribution in [3.8, 4) is 0 Å². The van der Waals surface area contributed by atoms with E-state index in [2.05, 4.69) is 5.32 Å². The monoisotopic (exact) mass is 253 g/mol. The molecule has 0 bridgehead atoms. The number of benzene rings is 1. The second-order valence-corrected chi connectivity index (χ2v) is 4.70. The van der Waals surface area contributed by atoms with Crippen LogP contribution >= 0.6 is 11.8 Å². The van der Waals surface area contributed by atoms with Gasteiger partial charge in [0, 0.05) is 11.4 Å². The van der Waals surface area contributed by atoms with Gasteiger partial charge >= 0.3 is 0 Å². The Morgan fingerprint density at radius 3 is 2.82 bits per heavy atom. The molecule has 17 heavy (non-hydrogen) atoms. The van der Waals surface area contributed by atoms with E-state index in [1.165, 1.54) is 0 Å². The molecule has 0 spiro atoms. The minimum Gasteiger partial charge on any atom is -0.391 e. The first-order chi connectivity index (χ1) is 8.19. The molecule has 0 saturated heterocycles. The number of carbonyl (C=O) groups is 1. The molecule has 0 aliphatic heterocycles. The summed E-state index contributed by atoms with van der Waals surface area (Å²) in [5.41, 5.74) is 0.670. The maximum atomic E-state index is 11.9. The van der Waals surface area contributed by atoms with Crippen LogP contribution in [0.2, 0.25) is 0 Å². The van der Waals surface area contributed by atoms with Crippen LogP contribution in [0.25, 0.3) is 0 Å². The molecule has 0 fully saturated rings. The Labute approximate surface area is 107 Å². The first-order valence-electron chi connectivity index (χ1n) is 5.78. The number of aliphatic hydroxyl groups excluding tert-OH is 1. The van der Waals surface area contributed by atoms with E-state index in [-0.39, 0.29) is 5.91 Å². The summed E-state index contributed by atoms with van der Waals surface area (Å²) in [6.45, 7) is 2.32. The van der Waals surface area contributed by atoms with E-state index in [0.29, 0.717) is 18.5 Å². The third-order valence-electron chi connectivity index (χ3n) is 2.47. The fourth-order valence-corrected chi connectivity index (χ4v) is 2.17. The van der Waals surface area contributed by atoms with Crippen molar-refractivity contribution in [3.05, 3.63) is 29.8 Å². The van der Waals surface area contributed by atoms with Gasteiger partial charge in [-0.05, 0) is 24.8 Å². The minimum atomic E-state index is -0.453. The Balaban J connectivity index is 2.58. The zero-order chi connectivity index (χ0) is 12.7. The van der Waals surface area contributed by atoms with E-state index in [1.807, 2.05) is 31.4 Å². The average Bonchev–Trinajstić information content (AvgIpc) is 2.36. The molecular formula is C13H19NO2S. The lowest BCUT2D eigenvalue weighted by Gasteiger charge is -2.12. The van der Waals surface area contributed by atoms with E-state index < -0.39 is 6.10 Å². The van der Waals surface area contributed by atoms with Crippen LogP contribution in [0, 0.1) is 0 Å². The van der Waals surface area contributed by atoms with E-state index in [1.54, 1.807) is 17.8 Å². The van der Waals surface area contributed by atoms with Crippen LogP contribution in [0.5, 0.6) is 0 Å². The van der Waals surface area contributed by atoms with Gasteiger partial charge in [-0.15, -0.1) is 11.8 Å². The molecule has 0 heterocycles. The number of carbonyl (C=O) groups excluding carboxylic acids is 1. The molecule has 1 unspecified atom stereocenters. The summed E-state index contributed by atoms with van der Waals surface area (Å²) in [6, 6.07) is 7.47. The maximum absolute atomic E-state index is 11.9. The van der Waals surface area contributed by atoms with Crippen LogP contribution in [-0.2, 0) is 0 Å². The van der Waals surface area contributed by atoms with Gasteiger partial charge in [0.15, 0.2) is 0 Å². The number of thioether (sulfide) groups is 1. The summed E-state index contributed by atoms with van der Waals surface area (Å²) < 4.78 is 0. The summed E-state index contributed by atoms with van der Waals surface area (Å²) >= 11 is 1.54. The molecule has 0 aliphatic carbocycles. The molecule has 1 aromatic carbocycles. The lowest BCUT2D eigenvalue weighted by molar-refractivity contribution is 0.0907. The Morgan fingerprint density at radius 1 is 1.47 bits per heavy atom. The van der Waals surface area contributed by atoms with Gasteiger partial charge in [0.1, 0.15) is 0 Å². The van der Waals surface area contributed by atoms with Crippen molar-refractivity contribution in [1.82, 2.24) is 5.32 Å². The van der Waals surface area contributed by atoms with E-state index in [9.17, 15) is 9.90 Å². The summed E-state index contributed by atoms with van der Waals surface area (Å²) in [4.78, 5) is 12.9. The van der Waals surface area contributed by atoms with Gasteiger partial charge in [-0.2, -0.15) is 0 Å². The fourth-order valence-electron chi connectivity index (χ4n) is 1.57. The van der Waals surface area contributed by atoms with Crippen LogP contribution < -0.4 is 5.32 Å². The smallest absolute Gasteiger partial charge is 0.252 e. The van der Waals surface area contributed by atoms with Gasteiger partial charge in [-0.1, -0.05) is 25.5 Å². The van der Waals surface area contributed by atoms with E-state index in [0.717, 1.165) is 11.3 Å². The van der Waals surface area contributed by atoms with Gasteiger partial charge in [-0.3, -0.25) is 4.79 Å². The second-order valence-electron chi connectivity index (χ2n) is 3.85. The van der Waals surface area contributed by atoms with Crippen molar-refractivity contribution in [3.63, 3.8) is 0 Å². The highest BCUT2D eigenvalue weighted by Gasteiger charge is 2.11. The summed E-state index contributed by atoms with van der Waals surface area (Å²) in [6.07, 6.45) is 3.12. The highest BCUT2D eigenvalue weighted by Crippen LogP contribution is 2.19. The summed E-state index contributed by atoms with van der Waals surface area (Å²) in [5, 5.41) is 12.3. The molecule has 1 rings (SSSR count). The summed E-state index contributed by atoms with van der Waals surface area (Å²) in [7, 11) is 0. The zero-order valence-corrected chi connectivity index (χ0v) is 11.1. The average molecular weight is 253 g/mol. The van der Waals surface area contributed by atoms with Crippen molar-refractivity contribution >= 4 is 17.7 Å².